The van der Waals surface area contributed by atoms with Gasteiger partial charge >= 0.3 is 5.97 Å². The molecule has 48 heavy (non-hydrogen) atoms. The number of para-hydroxylation sites is 1. The van der Waals surface area contributed by atoms with Gasteiger partial charge in [0.1, 0.15) is 41.5 Å². The van der Waals surface area contributed by atoms with Crippen molar-refractivity contribution in [3.05, 3.63) is 83.4 Å². The average molecular weight is 680 g/mol. The highest BCUT2D eigenvalue weighted by atomic mass is 35.5. The Hall–Kier alpha value is -4.31. The number of nitrogens with one attached hydrogen (secondary N) is 1. The Labute approximate surface area is 285 Å². The normalized spacial score (nSPS) is 16.0. The molecule has 0 radical (unpaired) electrons. The quantitative estimate of drug-likeness (QED) is 0.165. The predicted octanol–water partition coefficient (Wildman–Crippen LogP) is 8.14. The van der Waals surface area contributed by atoms with E-state index in [0.717, 1.165) is 62.6 Å². The molecule has 1 heterocycles. The van der Waals surface area contributed by atoms with E-state index in [1.54, 1.807) is 37.4 Å². The molecular formula is C37H43ClFN3O6. The summed E-state index contributed by atoms with van der Waals surface area (Å²) < 4.78 is 32.4. The van der Waals surface area contributed by atoms with Crippen LogP contribution in [0, 0.1) is 11.7 Å². The number of halogens is 2. The number of imidazole rings is 1. The highest BCUT2D eigenvalue weighted by Crippen LogP contribution is 2.37. The van der Waals surface area contributed by atoms with Gasteiger partial charge in [0.25, 0.3) is 0 Å². The van der Waals surface area contributed by atoms with Gasteiger partial charge in [-0.05, 0) is 80.1 Å². The summed E-state index contributed by atoms with van der Waals surface area (Å²) >= 11 is 5.69. The number of methoxy groups -OCH3 is 1. The zero-order valence-corrected chi connectivity index (χ0v) is 28.0. The number of hydrogen-bond donors (Lipinski definition) is 2. The van der Waals surface area contributed by atoms with Crippen molar-refractivity contribution in [3.63, 3.8) is 0 Å². The van der Waals surface area contributed by atoms with Crippen LogP contribution in [0.1, 0.15) is 76.1 Å². The van der Waals surface area contributed by atoms with Gasteiger partial charge in [0.05, 0.1) is 23.2 Å². The molecule has 256 valence electrons. The first-order valence-corrected chi connectivity index (χ1v) is 17.0. The second kappa shape index (κ2) is 17.2. The Morgan fingerprint density at radius 2 is 1.60 bits per heavy atom. The molecule has 6 rings (SSSR count). The van der Waals surface area contributed by atoms with Gasteiger partial charge in [0, 0.05) is 12.1 Å². The maximum Gasteiger partial charge on any atom is 0.341 e. The number of amides is 1. The van der Waals surface area contributed by atoms with Crippen LogP contribution in [0.5, 0.6) is 17.2 Å². The van der Waals surface area contributed by atoms with Crippen LogP contribution in [-0.4, -0.2) is 46.3 Å². The van der Waals surface area contributed by atoms with Crippen LogP contribution in [0.15, 0.2) is 66.7 Å². The predicted molar refractivity (Wildman–Crippen MR) is 182 cm³/mol. The first-order valence-electron chi connectivity index (χ1n) is 16.6. The number of fused-ring (bicyclic) bond motifs is 1. The van der Waals surface area contributed by atoms with E-state index in [1.807, 2.05) is 28.8 Å². The van der Waals surface area contributed by atoms with E-state index >= 15 is 0 Å². The number of rotatable bonds is 11. The van der Waals surface area contributed by atoms with Gasteiger partial charge in [-0.25, -0.2) is 14.2 Å². The third-order valence-corrected chi connectivity index (χ3v) is 9.25. The summed E-state index contributed by atoms with van der Waals surface area (Å²) in [6.45, 7) is -0.188. The SMILES string of the molecule is COc1ccc(OCc2nc3cc(F)ccc3n2C(C(=O)NC2CCCCC2)C2CCCCC2)cc1.O=C(O)COc1ccccc1Cl. The number of carbonyl (C=O) groups is 2. The van der Waals surface area contributed by atoms with Crippen LogP contribution in [0.3, 0.4) is 0 Å². The van der Waals surface area contributed by atoms with Gasteiger partial charge < -0.3 is 29.2 Å². The van der Waals surface area contributed by atoms with Gasteiger partial charge in [0.15, 0.2) is 6.61 Å². The van der Waals surface area contributed by atoms with E-state index in [0.29, 0.717) is 27.9 Å². The Kier molecular flexibility index (Phi) is 12.5. The monoisotopic (exact) mass is 679 g/mol. The van der Waals surface area contributed by atoms with Crippen LogP contribution in [0.4, 0.5) is 4.39 Å². The Morgan fingerprint density at radius 1 is 0.938 bits per heavy atom. The highest BCUT2D eigenvalue weighted by Gasteiger charge is 2.35. The van der Waals surface area contributed by atoms with Crippen LogP contribution in [0.2, 0.25) is 5.02 Å². The number of aromatic nitrogens is 2. The molecule has 2 aliphatic rings. The second-order valence-electron chi connectivity index (χ2n) is 12.3. The van der Waals surface area contributed by atoms with Crippen molar-refractivity contribution in [3.8, 4) is 17.2 Å². The molecule has 4 aromatic rings. The van der Waals surface area contributed by atoms with Crippen LogP contribution in [-0.2, 0) is 16.2 Å². The summed E-state index contributed by atoms with van der Waals surface area (Å²) in [4.78, 5) is 28.8. The third-order valence-electron chi connectivity index (χ3n) is 8.93. The van der Waals surface area contributed by atoms with Crippen molar-refractivity contribution in [1.29, 1.82) is 0 Å². The number of nitrogens with zero attached hydrogens (tertiary/aromatic N) is 2. The number of aliphatic carboxylic acids is 1. The van der Waals surface area contributed by atoms with Crippen LogP contribution < -0.4 is 19.5 Å². The van der Waals surface area contributed by atoms with E-state index in [4.69, 9.17) is 35.9 Å². The van der Waals surface area contributed by atoms with E-state index in [1.165, 1.54) is 25.0 Å². The van der Waals surface area contributed by atoms with Gasteiger partial charge in [0.2, 0.25) is 5.91 Å². The molecule has 0 saturated heterocycles. The number of carboxylic acid groups (broad SMARTS) is 1. The van der Waals surface area contributed by atoms with Crippen LogP contribution >= 0.6 is 11.6 Å². The fraction of sp³-hybridized carbons (Fsp3) is 0.432. The second-order valence-corrected chi connectivity index (χ2v) is 12.7. The summed E-state index contributed by atoms with van der Waals surface area (Å²) in [6, 6.07) is 18.6. The topological polar surface area (TPSA) is 112 Å². The van der Waals surface area contributed by atoms with Crippen molar-refractivity contribution in [1.82, 2.24) is 14.9 Å². The molecule has 3 aromatic carbocycles. The maximum atomic E-state index is 14.2. The lowest BCUT2D eigenvalue weighted by molar-refractivity contribution is -0.139. The summed E-state index contributed by atoms with van der Waals surface area (Å²) in [5, 5.41) is 12.1. The fourth-order valence-corrected chi connectivity index (χ4v) is 6.77. The molecule has 1 amide bonds. The summed E-state index contributed by atoms with van der Waals surface area (Å²) in [6.07, 6.45) is 11.1. The zero-order valence-electron chi connectivity index (χ0n) is 27.2. The fourth-order valence-electron chi connectivity index (χ4n) is 6.58. The molecule has 2 saturated carbocycles. The number of ether oxygens (including phenoxy) is 3. The molecule has 9 nitrogen and oxygen atoms in total. The smallest absolute Gasteiger partial charge is 0.341 e. The summed E-state index contributed by atoms with van der Waals surface area (Å²) in [5.74, 6) is 1.38. The molecule has 1 unspecified atom stereocenters. The van der Waals surface area contributed by atoms with Crippen LogP contribution in [0.25, 0.3) is 11.0 Å². The number of hydrogen-bond acceptors (Lipinski definition) is 6. The number of carboxylic acids is 1. The first-order chi connectivity index (χ1) is 23.3. The molecule has 11 heteroatoms. The van der Waals surface area contributed by atoms with Gasteiger partial charge in [-0.1, -0.05) is 62.3 Å². The van der Waals surface area contributed by atoms with Gasteiger partial charge in [-0.2, -0.15) is 0 Å². The lowest BCUT2D eigenvalue weighted by Gasteiger charge is -2.33. The van der Waals surface area contributed by atoms with E-state index in [9.17, 15) is 14.0 Å². The molecule has 0 aliphatic heterocycles. The van der Waals surface area contributed by atoms with Crippen molar-refractivity contribution in [2.24, 2.45) is 5.92 Å². The summed E-state index contributed by atoms with van der Waals surface area (Å²) in [5.41, 5.74) is 1.33. The minimum absolute atomic E-state index is 0.0584. The largest absolute Gasteiger partial charge is 0.497 e. The third kappa shape index (κ3) is 9.40. The Morgan fingerprint density at radius 3 is 2.27 bits per heavy atom. The van der Waals surface area contributed by atoms with E-state index < -0.39 is 12.0 Å². The molecule has 1 aromatic heterocycles. The average Bonchev–Trinajstić information content (AvgIpc) is 3.45. The Bertz CT molecular complexity index is 1650. The molecule has 1 atom stereocenters. The maximum absolute atomic E-state index is 14.2. The molecule has 2 N–H and O–H groups in total. The lowest BCUT2D eigenvalue weighted by atomic mass is 9.83. The minimum Gasteiger partial charge on any atom is -0.497 e. The molecule has 0 spiro atoms. The van der Waals surface area contributed by atoms with Crippen molar-refractivity contribution >= 4 is 34.5 Å². The minimum atomic E-state index is -1.02. The molecule has 2 aliphatic carbocycles. The molecular weight excluding hydrogens is 637 g/mol. The van der Waals surface area contributed by atoms with Gasteiger partial charge in [-0.3, -0.25) is 4.79 Å². The molecule has 0 bridgehead atoms. The highest BCUT2D eigenvalue weighted by molar-refractivity contribution is 6.32. The molecule has 2 fully saturated rings. The van der Waals surface area contributed by atoms with E-state index in [2.05, 4.69) is 5.32 Å². The summed E-state index contributed by atoms with van der Waals surface area (Å²) in [7, 11) is 1.63. The van der Waals surface area contributed by atoms with Gasteiger partial charge in [-0.15, -0.1) is 0 Å². The van der Waals surface area contributed by atoms with E-state index in [-0.39, 0.29) is 36.9 Å². The van der Waals surface area contributed by atoms with Crippen molar-refractivity contribution < 1.29 is 33.3 Å². The first kappa shape index (κ1) is 35.0. The number of benzene rings is 3. The standard InChI is InChI=1S/C29H36FN3O3.C8H7ClO3/c1-35-23-13-15-24(16-14-23)36-19-27-32-25-18-21(30)12-17-26(25)33(27)28(20-8-4-2-5-9-20)29(34)31-22-10-6-3-7-11-22;9-6-3-1-2-4-7(6)12-5-8(10)11/h12-18,20,22,28H,2-11,19H2,1H3,(H,31,34);1-4H,5H2,(H,10,11). The Balaban J connectivity index is 0.000000318. The lowest BCUT2D eigenvalue weighted by Crippen LogP contribution is -2.43. The number of carbonyl (C=O) groups excluding carboxylic acids is 1. The van der Waals surface area contributed by atoms with Crippen molar-refractivity contribution in [2.75, 3.05) is 13.7 Å². The zero-order chi connectivity index (χ0) is 33.9. The van der Waals surface area contributed by atoms with Crippen molar-refractivity contribution in [2.45, 2.75) is 82.9 Å².